The normalized spacial score (nSPS) is 15.5. The van der Waals surface area contributed by atoms with E-state index in [1.165, 1.54) is 18.9 Å². The van der Waals surface area contributed by atoms with E-state index in [9.17, 15) is 9.59 Å². The fourth-order valence-corrected chi connectivity index (χ4v) is 4.71. The first-order valence-electron chi connectivity index (χ1n) is 11.0. The molecule has 0 spiro atoms. The van der Waals surface area contributed by atoms with E-state index in [-0.39, 0.29) is 19.1 Å². The number of methoxy groups -OCH3 is 1. The van der Waals surface area contributed by atoms with Gasteiger partial charge in [-0.1, -0.05) is 34.1 Å². The molecule has 3 aromatic rings. The maximum atomic E-state index is 13.4. The number of hydrogen-bond donors (Lipinski definition) is 0. The van der Waals surface area contributed by atoms with Gasteiger partial charge in [0.15, 0.2) is 23.3 Å². The molecule has 1 fully saturated rings. The van der Waals surface area contributed by atoms with Gasteiger partial charge in [0.25, 0.3) is 5.91 Å². The van der Waals surface area contributed by atoms with E-state index in [1.54, 1.807) is 35.4 Å². The molecule has 2 heterocycles. The third kappa shape index (κ3) is 6.19. The van der Waals surface area contributed by atoms with Gasteiger partial charge in [-0.3, -0.25) is 9.69 Å². The van der Waals surface area contributed by atoms with Gasteiger partial charge in [-0.2, -0.15) is 0 Å². The summed E-state index contributed by atoms with van der Waals surface area (Å²) in [4.78, 5) is 31.7. The van der Waals surface area contributed by atoms with Gasteiger partial charge in [0.2, 0.25) is 0 Å². The molecule has 0 N–H and O–H groups in total. The molecule has 0 saturated carbocycles. The standard InChI is InChI=1S/C26H23BrN2O6S/c1-3-33-21-12-17(20(27)14-22(21)35-16-24(30)32-2)13-23-25(31)29(15-19-10-7-11-34-19)26(36-23)28-18-8-5-4-6-9-18/h4-14H,3,15-16H2,1-2H3/b23-13-,28-26?. The van der Waals surface area contributed by atoms with Crippen LogP contribution in [0.5, 0.6) is 11.5 Å². The molecular formula is C26H23BrN2O6S. The smallest absolute Gasteiger partial charge is 0.343 e. The molecule has 1 aliphatic rings. The zero-order valence-electron chi connectivity index (χ0n) is 19.6. The van der Waals surface area contributed by atoms with E-state index < -0.39 is 5.97 Å². The fourth-order valence-electron chi connectivity index (χ4n) is 3.28. The van der Waals surface area contributed by atoms with Crippen molar-refractivity contribution in [3.05, 3.63) is 81.6 Å². The minimum Gasteiger partial charge on any atom is -0.490 e. The molecule has 0 aliphatic carbocycles. The van der Waals surface area contributed by atoms with Gasteiger partial charge in [-0.05, 0) is 66.7 Å². The van der Waals surface area contributed by atoms with E-state index in [0.29, 0.717) is 44.0 Å². The number of esters is 1. The van der Waals surface area contributed by atoms with Crippen LogP contribution < -0.4 is 9.47 Å². The number of hydrogen-bond acceptors (Lipinski definition) is 8. The lowest BCUT2D eigenvalue weighted by Gasteiger charge is -2.14. The molecule has 1 amide bonds. The summed E-state index contributed by atoms with van der Waals surface area (Å²) >= 11 is 4.82. The molecule has 1 aliphatic heterocycles. The van der Waals surface area contributed by atoms with Crippen molar-refractivity contribution in [3.8, 4) is 11.5 Å². The number of para-hydroxylation sites is 1. The second-order valence-electron chi connectivity index (χ2n) is 7.43. The first-order valence-corrected chi connectivity index (χ1v) is 12.6. The lowest BCUT2D eigenvalue weighted by atomic mass is 10.1. The molecular weight excluding hydrogens is 548 g/mol. The minimum absolute atomic E-state index is 0.193. The largest absolute Gasteiger partial charge is 0.490 e. The average molecular weight is 571 g/mol. The van der Waals surface area contributed by atoms with Crippen molar-refractivity contribution in [1.82, 2.24) is 4.90 Å². The lowest BCUT2D eigenvalue weighted by molar-refractivity contribution is -0.142. The highest BCUT2D eigenvalue weighted by Gasteiger charge is 2.34. The Balaban J connectivity index is 1.67. The van der Waals surface area contributed by atoms with Gasteiger partial charge in [-0.15, -0.1) is 0 Å². The minimum atomic E-state index is -0.505. The maximum absolute atomic E-state index is 13.4. The molecule has 36 heavy (non-hydrogen) atoms. The van der Waals surface area contributed by atoms with Crippen LogP contribution in [0.4, 0.5) is 5.69 Å². The van der Waals surface area contributed by atoms with Crippen LogP contribution in [0.25, 0.3) is 6.08 Å². The van der Waals surface area contributed by atoms with Crippen LogP contribution in [0.1, 0.15) is 18.2 Å². The van der Waals surface area contributed by atoms with Crippen LogP contribution in [0.15, 0.2) is 79.6 Å². The summed E-state index contributed by atoms with van der Waals surface area (Å²) in [5, 5.41) is 0.549. The van der Waals surface area contributed by atoms with Crippen LogP contribution in [0.3, 0.4) is 0 Å². The van der Waals surface area contributed by atoms with Crippen LogP contribution in [0.2, 0.25) is 0 Å². The molecule has 0 radical (unpaired) electrons. The van der Waals surface area contributed by atoms with E-state index in [4.69, 9.17) is 18.9 Å². The summed E-state index contributed by atoms with van der Waals surface area (Å²) in [6.07, 6.45) is 3.34. The second-order valence-corrected chi connectivity index (χ2v) is 9.29. The van der Waals surface area contributed by atoms with Gasteiger partial charge in [0.05, 0.1) is 37.1 Å². The van der Waals surface area contributed by atoms with E-state index >= 15 is 0 Å². The van der Waals surface area contributed by atoms with Crippen molar-refractivity contribution in [2.45, 2.75) is 13.5 Å². The average Bonchev–Trinajstić information content (AvgIpc) is 3.50. The number of nitrogens with zero attached hydrogens (tertiary/aromatic N) is 2. The highest BCUT2D eigenvalue weighted by Crippen LogP contribution is 2.39. The zero-order chi connectivity index (χ0) is 25.5. The zero-order valence-corrected chi connectivity index (χ0v) is 22.0. The van der Waals surface area contributed by atoms with Crippen molar-refractivity contribution in [1.29, 1.82) is 0 Å². The Morgan fingerprint density at radius 2 is 1.92 bits per heavy atom. The van der Waals surface area contributed by atoms with Gasteiger partial charge in [0, 0.05) is 4.47 Å². The van der Waals surface area contributed by atoms with Crippen LogP contribution in [0, 0.1) is 0 Å². The highest BCUT2D eigenvalue weighted by molar-refractivity contribution is 9.10. The summed E-state index contributed by atoms with van der Waals surface area (Å²) in [7, 11) is 1.29. The van der Waals surface area contributed by atoms with E-state index in [1.807, 2.05) is 43.3 Å². The Morgan fingerprint density at radius 3 is 2.61 bits per heavy atom. The van der Waals surface area contributed by atoms with Crippen molar-refractivity contribution < 1.29 is 28.2 Å². The third-order valence-corrected chi connectivity index (χ3v) is 6.68. The quantitative estimate of drug-likeness (QED) is 0.237. The summed E-state index contributed by atoms with van der Waals surface area (Å²) in [5.74, 6) is 0.777. The van der Waals surface area contributed by atoms with Gasteiger partial charge in [-0.25, -0.2) is 9.79 Å². The Morgan fingerprint density at radius 1 is 1.14 bits per heavy atom. The number of carbonyl (C=O) groups excluding carboxylic acids is 2. The van der Waals surface area contributed by atoms with Crippen molar-refractivity contribution in [2.24, 2.45) is 4.99 Å². The molecule has 186 valence electrons. The number of rotatable bonds is 9. The number of amides is 1. The Bertz CT molecular complexity index is 1290. The summed E-state index contributed by atoms with van der Waals surface area (Å²) < 4.78 is 22.1. The Labute approximate surface area is 221 Å². The summed E-state index contributed by atoms with van der Waals surface area (Å²) in [6, 6.07) is 16.5. The number of thioether (sulfide) groups is 1. The molecule has 8 nitrogen and oxygen atoms in total. The number of amidine groups is 1. The van der Waals surface area contributed by atoms with Gasteiger partial charge >= 0.3 is 5.97 Å². The number of halogens is 1. The molecule has 0 unspecified atom stereocenters. The van der Waals surface area contributed by atoms with E-state index in [2.05, 4.69) is 20.7 Å². The van der Waals surface area contributed by atoms with E-state index in [0.717, 1.165) is 5.69 Å². The van der Waals surface area contributed by atoms with Crippen molar-refractivity contribution in [3.63, 3.8) is 0 Å². The fraction of sp³-hybridized carbons (Fsp3) is 0.192. The monoisotopic (exact) mass is 570 g/mol. The SMILES string of the molecule is CCOc1cc(/C=C2\SC(=Nc3ccccc3)N(Cc3ccco3)C2=O)c(Br)cc1OCC(=O)OC. The van der Waals surface area contributed by atoms with Gasteiger partial charge in [0.1, 0.15) is 5.76 Å². The second kappa shape index (κ2) is 12.0. The van der Waals surface area contributed by atoms with Crippen LogP contribution >= 0.6 is 27.7 Å². The molecule has 0 atom stereocenters. The first-order chi connectivity index (χ1) is 17.5. The number of furan rings is 1. The van der Waals surface area contributed by atoms with Crippen molar-refractivity contribution >= 4 is 56.5 Å². The molecule has 2 aromatic carbocycles. The number of carbonyl (C=O) groups is 2. The molecule has 1 aromatic heterocycles. The topological polar surface area (TPSA) is 90.6 Å². The number of benzene rings is 2. The Hall–Kier alpha value is -3.50. The number of ether oxygens (including phenoxy) is 3. The molecule has 1 saturated heterocycles. The van der Waals surface area contributed by atoms with Crippen LogP contribution in [-0.4, -0.2) is 42.3 Å². The number of aliphatic imine (C=N–C) groups is 1. The van der Waals surface area contributed by atoms with Crippen molar-refractivity contribution in [2.75, 3.05) is 20.3 Å². The van der Waals surface area contributed by atoms with Gasteiger partial charge < -0.3 is 18.6 Å². The molecule has 0 bridgehead atoms. The maximum Gasteiger partial charge on any atom is 0.343 e. The molecule has 4 rings (SSSR count). The predicted octanol–water partition coefficient (Wildman–Crippen LogP) is 5.80. The summed E-state index contributed by atoms with van der Waals surface area (Å²) in [5.41, 5.74) is 1.45. The Kier molecular flexibility index (Phi) is 8.50. The first kappa shape index (κ1) is 25.6. The lowest BCUT2D eigenvalue weighted by Crippen LogP contribution is -2.28. The molecule has 10 heteroatoms. The highest BCUT2D eigenvalue weighted by atomic mass is 79.9. The van der Waals surface area contributed by atoms with Crippen LogP contribution in [-0.2, 0) is 20.9 Å². The summed E-state index contributed by atoms with van der Waals surface area (Å²) in [6.45, 7) is 2.25. The third-order valence-electron chi connectivity index (χ3n) is 4.99. The predicted molar refractivity (Wildman–Crippen MR) is 141 cm³/mol.